The molecule has 1 aromatic carbocycles. The van der Waals surface area contributed by atoms with Gasteiger partial charge in [-0.2, -0.15) is 0 Å². The van der Waals surface area contributed by atoms with Crippen molar-refractivity contribution in [1.82, 2.24) is 4.90 Å². The summed E-state index contributed by atoms with van der Waals surface area (Å²) in [6, 6.07) is 8.21. The summed E-state index contributed by atoms with van der Waals surface area (Å²) in [7, 11) is -3.33. The lowest BCUT2D eigenvalue weighted by Gasteiger charge is -2.38. The zero-order valence-corrected chi connectivity index (χ0v) is 14.8. The molecule has 1 amide bonds. The molecule has 1 aromatic heterocycles. The van der Waals surface area contributed by atoms with Crippen LogP contribution in [0.25, 0.3) is 0 Å². The molecular weight excluding hydrogens is 345 g/mol. The van der Waals surface area contributed by atoms with Gasteiger partial charge < -0.3 is 9.32 Å². The van der Waals surface area contributed by atoms with Gasteiger partial charge in [0.15, 0.2) is 9.84 Å². The van der Waals surface area contributed by atoms with Gasteiger partial charge in [0.25, 0.3) is 0 Å². The number of halogens is 1. The number of aryl methyl sites for hydroxylation is 2. The van der Waals surface area contributed by atoms with Crippen LogP contribution >= 0.6 is 0 Å². The van der Waals surface area contributed by atoms with Crippen molar-refractivity contribution in [3.63, 3.8) is 0 Å². The molecule has 0 unspecified atom stereocenters. The normalized spacial score (nSPS) is 15.2. The Kier molecular flexibility index (Phi) is 4.94. The third kappa shape index (κ3) is 4.10. The number of carbonyl (C=O) groups is 1. The minimum Gasteiger partial charge on any atom is -0.468 e. The van der Waals surface area contributed by atoms with Crippen molar-refractivity contribution in [2.24, 2.45) is 0 Å². The second kappa shape index (κ2) is 7.00. The van der Waals surface area contributed by atoms with Gasteiger partial charge in [-0.25, -0.2) is 12.8 Å². The summed E-state index contributed by atoms with van der Waals surface area (Å²) < 4.78 is 43.1. The van der Waals surface area contributed by atoms with Crippen molar-refractivity contribution in [3.05, 3.63) is 59.3 Å². The summed E-state index contributed by atoms with van der Waals surface area (Å²) in [5.41, 5.74) is 1.33. The molecule has 2 aromatic rings. The van der Waals surface area contributed by atoms with Crippen LogP contribution in [0.2, 0.25) is 0 Å². The van der Waals surface area contributed by atoms with E-state index in [9.17, 15) is 17.6 Å². The SMILES string of the molecule is Cc1ccc(CCC(=O)N2CC(S(=O)(=O)Cc3ccco3)C2)cc1F. The minimum atomic E-state index is -3.33. The second-order valence-corrected chi connectivity index (χ2v) is 8.67. The van der Waals surface area contributed by atoms with Crippen molar-refractivity contribution in [3.8, 4) is 0 Å². The average Bonchev–Trinajstić information content (AvgIpc) is 2.98. The Morgan fingerprint density at radius 3 is 2.72 bits per heavy atom. The topological polar surface area (TPSA) is 67.6 Å². The molecule has 1 saturated heterocycles. The summed E-state index contributed by atoms with van der Waals surface area (Å²) in [5, 5.41) is -0.543. The molecule has 2 heterocycles. The van der Waals surface area contributed by atoms with Gasteiger partial charge in [0.1, 0.15) is 17.3 Å². The van der Waals surface area contributed by atoms with E-state index < -0.39 is 15.1 Å². The fourth-order valence-electron chi connectivity index (χ4n) is 2.78. The Hall–Kier alpha value is -2.15. The van der Waals surface area contributed by atoms with Gasteiger partial charge in [0.05, 0.1) is 11.5 Å². The summed E-state index contributed by atoms with van der Waals surface area (Å²) in [5.74, 6) is -0.121. The Morgan fingerprint density at radius 2 is 2.08 bits per heavy atom. The highest BCUT2D eigenvalue weighted by atomic mass is 32.2. The van der Waals surface area contributed by atoms with E-state index in [-0.39, 0.29) is 37.0 Å². The Bertz CT molecular complexity index is 855. The van der Waals surface area contributed by atoms with Gasteiger partial charge in [-0.3, -0.25) is 4.79 Å². The predicted molar refractivity (Wildman–Crippen MR) is 91.2 cm³/mol. The first-order valence-electron chi connectivity index (χ1n) is 8.12. The maximum Gasteiger partial charge on any atom is 0.222 e. The number of likely N-dealkylation sites (tertiary alicyclic amines) is 1. The zero-order chi connectivity index (χ0) is 18.0. The highest BCUT2D eigenvalue weighted by Crippen LogP contribution is 2.22. The fraction of sp³-hybridized carbons (Fsp3) is 0.389. The first-order chi connectivity index (χ1) is 11.8. The average molecular weight is 365 g/mol. The van der Waals surface area contributed by atoms with Gasteiger partial charge >= 0.3 is 0 Å². The Labute approximate surface area is 146 Å². The molecule has 1 aliphatic heterocycles. The molecular formula is C18H20FNO4S. The molecule has 0 aliphatic carbocycles. The van der Waals surface area contributed by atoms with Crippen LogP contribution in [-0.4, -0.2) is 37.6 Å². The molecule has 7 heteroatoms. The molecule has 1 aliphatic rings. The summed E-state index contributed by atoms with van der Waals surface area (Å²) in [6.07, 6.45) is 2.12. The van der Waals surface area contributed by atoms with E-state index in [1.807, 2.05) is 0 Å². The van der Waals surface area contributed by atoms with Crippen LogP contribution in [0.3, 0.4) is 0 Å². The highest BCUT2D eigenvalue weighted by Gasteiger charge is 2.39. The number of sulfone groups is 1. The maximum atomic E-state index is 13.5. The van der Waals surface area contributed by atoms with Gasteiger partial charge in [0.2, 0.25) is 5.91 Å². The summed E-state index contributed by atoms with van der Waals surface area (Å²) >= 11 is 0. The minimum absolute atomic E-state index is 0.106. The van der Waals surface area contributed by atoms with Crippen LogP contribution in [0, 0.1) is 12.7 Å². The Morgan fingerprint density at radius 1 is 1.32 bits per heavy atom. The zero-order valence-electron chi connectivity index (χ0n) is 13.9. The third-order valence-electron chi connectivity index (χ3n) is 4.50. The number of hydrogen-bond donors (Lipinski definition) is 0. The number of benzene rings is 1. The third-order valence-corrected chi connectivity index (χ3v) is 6.50. The van der Waals surface area contributed by atoms with Gasteiger partial charge in [-0.15, -0.1) is 0 Å². The van der Waals surface area contributed by atoms with Crippen LogP contribution < -0.4 is 0 Å². The van der Waals surface area contributed by atoms with E-state index >= 15 is 0 Å². The lowest BCUT2D eigenvalue weighted by atomic mass is 10.1. The number of nitrogens with zero attached hydrogens (tertiary/aromatic N) is 1. The van der Waals surface area contributed by atoms with Crippen molar-refractivity contribution < 1.29 is 22.0 Å². The summed E-state index contributed by atoms with van der Waals surface area (Å²) in [6.45, 7) is 2.11. The molecule has 0 spiro atoms. The quantitative estimate of drug-likeness (QED) is 0.789. The first kappa shape index (κ1) is 17.7. The Balaban J connectivity index is 1.48. The van der Waals surface area contributed by atoms with Gasteiger partial charge in [0, 0.05) is 19.5 Å². The number of carbonyl (C=O) groups excluding carboxylic acids is 1. The standard InChI is InChI=1S/C18H20FNO4S/c1-13-4-5-14(9-17(13)19)6-7-18(21)20-10-16(11-20)25(22,23)12-15-3-2-8-24-15/h2-5,8-9,16H,6-7,10-12H2,1H3. The molecule has 0 atom stereocenters. The molecule has 0 radical (unpaired) electrons. The van der Waals surface area contributed by atoms with Crippen LogP contribution in [0.4, 0.5) is 4.39 Å². The maximum absolute atomic E-state index is 13.5. The van der Waals surface area contributed by atoms with Crippen molar-refractivity contribution in [1.29, 1.82) is 0 Å². The van der Waals surface area contributed by atoms with E-state index in [0.717, 1.165) is 5.56 Å². The van der Waals surface area contributed by atoms with Crippen molar-refractivity contribution >= 4 is 15.7 Å². The van der Waals surface area contributed by atoms with Crippen LogP contribution in [-0.2, 0) is 26.8 Å². The van der Waals surface area contributed by atoms with Crippen LogP contribution in [0.1, 0.15) is 23.3 Å². The molecule has 0 bridgehead atoms. The van der Waals surface area contributed by atoms with Gasteiger partial charge in [-0.05, 0) is 42.7 Å². The molecule has 25 heavy (non-hydrogen) atoms. The van der Waals surface area contributed by atoms with E-state index in [1.54, 1.807) is 31.2 Å². The van der Waals surface area contributed by atoms with E-state index in [1.165, 1.54) is 17.2 Å². The van der Waals surface area contributed by atoms with Crippen LogP contribution in [0.15, 0.2) is 41.0 Å². The summed E-state index contributed by atoms with van der Waals surface area (Å²) in [4.78, 5) is 13.7. The molecule has 3 rings (SSSR count). The number of amides is 1. The number of hydrogen-bond acceptors (Lipinski definition) is 4. The monoisotopic (exact) mass is 365 g/mol. The highest BCUT2D eigenvalue weighted by molar-refractivity contribution is 7.91. The van der Waals surface area contributed by atoms with Crippen molar-refractivity contribution in [2.75, 3.05) is 13.1 Å². The van der Waals surface area contributed by atoms with E-state index in [2.05, 4.69) is 0 Å². The molecule has 5 nitrogen and oxygen atoms in total. The number of rotatable bonds is 6. The largest absolute Gasteiger partial charge is 0.468 e. The first-order valence-corrected chi connectivity index (χ1v) is 9.83. The van der Waals surface area contributed by atoms with E-state index in [4.69, 9.17) is 4.42 Å². The fourth-order valence-corrected chi connectivity index (χ4v) is 4.39. The lowest BCUT2D eigenvalue weighted by molar-refractivity contribution is -0.134. The molecule has 0 N–H and O–H groups in total. The molecule has 0 saturated carbocycles. The smallest absolute Gasteiger partial charge is 0.222 e. The van der Waals surface area contributed by atoms with Crippen LogP contribution in [0.5, 0.6) is 0 Å². The molecule has 134 valence electrons. The predicted octanol–water partition coefficient (Wildman–Crippen LogP) is 2.49. The lowest BCUT2D eigenvalue weighted by Crippen LogP contribution is -2.57. The number of furan rings is 1. The van der Waals surface area contributed by atoms with Crippen molar-refractivity contribution in [2.45, 2.75) is 30.8 Å². The van der Waals surface area contributed by atoms with E-state index in [0.29, 0.717) is 17.7 Å². The molecule has 1 fully saturated rings. The van der Waals surface area contributed by atoms with Gasteiger partial charge in [-0.1, -0.05) is 12.1 Å². The second-order valence-electron chi connectivity index (χ2n) is 6.39.